The minimum atomic E-state index is 0.254. The summed E-state index contributed by atoms with van der Waals surface area (Å²) in [6.07, 6.45) is 5.63. The van der Waals surface area contributed by atoms with Crippen LogP contribution in [0.25, 0.3) is 0 Å². The summed E-state index contributed by atoms with van der Waals surface area (Å²) in [4.78, 5) is 0. The van der Waals surface area contributed by atoms with E-state index in [0.717, 1.165) is 53.8 Å². The fourth-order valence-corrected chi connectivity index (χ4v) is 17.7. The molecule has 0 spiro atoms. The first-order valence-electron chi connectivity index (χ1n) is 13.2. The average molecular weight is 782 g/mol. The number of rotatable bonds is 16. The fraction of sp³-hybridized carbons (Fsp3) is 1.00. The van der Waals surface area contributed by atoms with E-state index < -0.39 is 0 Å². The Morgan fingerprint density at radius 1 is 0.579 bits per heavy atom. The van der Waals surface area contributed by atoms with Crippen LogP contribution in [-0.2, 0) is 0 Å². The van der Waals surface area contributed by atoms with Gasteiger partial charge in [-0.2, -0.15) is 126 Å². The zero-order valence-electron chi connectivity index (χ0n) is 21.3. The summed E-state index contributed by atoms with van der Waals surface area (Å²) in [6.45, 7) is 0. The third-order valence-electron chi connectivity index (χ3n) is 8.18. The molecule has 0 aromatic heterocycles. The van der Waals surface area contributed by atoms with E-state index in [0.29, 0.717) is 64.3 Å². The van der Waals surface area contributed by atoms with E-state index in [4.69, 9.17) is 101 Å². The van der Waals surface area contributed by atoms with Crippen molar-refractivity contribution in [1.29, 1.82) is 0 Å². The molecule has 14 heteroatoms. The molecule has 1 aliphatic heterocycles. The van der Waals surface area contributed by atoms with Crippen LogP contribution in [0.15, 0.2) is 0 Å². The van der Waals surface area contributed by atoms with E-state index in [-0.39, 0.29) is 10.5 Å². The summed E-state index contributed by atoms with van der Waals surface area (Å²) in [5.74, 6) is 5.64. The van der Waals surface area contributed by atoms with Gasteiger partial charge in [0.15, 0.2) is 0 Å². The van der Waals surface area contributed by atoms with Crippen LogP contribution >= 0.6 is 173 Å². The van der Waals surface area contributed by atoms with Gasteiger partial charge < -0.3 is 0 Å². The molecule has 2 saturated carbocycles. The van der Waals surface area contributed by atoms with Crippen LogP contribution in [0.5, 0.6) is 0 Å². The molecule has 0 amide bonds. The van der Waals surface area contributed by atoms with Gasteiger partial charge in [-0.1, -0.05) is 0 Å². The first-order valence-corrected chi connectivity index (χ1v) is 22.8. The normalized spacial score (nSPS) is 38.4. The van der Waals surface area contributed by atoms with Gasteiger partial charge >= 0.3 is 0 Å². The van der Waals surface area contributed by atoms with Gasteiger partial charge in [-0.15, -0.1) is 47.0 Å². The van der Waals surface area contributed by atoms with Crippen LogP contribution in [0.2, 0.25) is 0 Å². The highest BCUT2D eigenvalue weighted by Crippen LogP contribution is 2.48. The third kappa shape index (κ3) is 11.0. The maximum Gasteiger partial charge on any atom is 0.0529 e. The molecule has 2 aliphatic carbocycles. The molecule has 0 aromatic rings. The molecule has 1 saturated heterocycles. The molecule has 12 atom stereocenters. The number of hydrogen-bond donors (Lipinski definition) is 10. The number of thiol groups is 10. The maximum absolute atomic E-state index is 5.10. The van der Waals surface area contributed by atoms with Gasteiger partial charge in [0, 0.05) is 70.1 Å². The Bertz CT molecular complexity index is 617. The van der Waals surface area contributed by atoms with E-state index in [1.54, 1.807) is 0 Å². The molecule has 0 radical (unpaired) electrons. The molecule has 3 aliphatic rings. The second-order valence-corrected chi connectivity index (χ2v) is 22.6. The van der Waals surface area contributed by atoms with Crippen molar-refractivity contribution in [3.63, 3.8) is 0 Å². The smallest absolute Gasteiger partial charge is 0.0529 e. The van der Waals surface area contributed by atoms with E-state index >= 15 is 0 Å². The highest BCUT2D eigenvalue weighted by Gasteiger charge is 2.41. The number of thioether (sulfide) groups is 4. The van der Waals surface area contributed by atoms with Gasteiger partial charge in [0.05, 0.1) is 9.16 Å². The second-order valence-electron chi connectivity index (χ2n) is 10.7. The molecule has 12 unspecified atom stereocenters. The first kappa shape index (κ1) is 37.4. The van der Waals surface area contributed by atoms with Crippen molar-refractivity contribution in [2.24, 2.45) is 23.7 Å². The van der Waals surface area contributed by atoms with Gasteiger partial charge in [-0.25, -0.2) is 0 Å². The molecule has 3 rings (SSSR count). The quantitative estimate of drug-likeness (QED) is 0.0718. The predicted molar refractivity (Wildman–Crippen MR) is 219 cm³/mol. The van der Waals surface area contributed by atoms with Gasteiger partial charge in [0.2, 0.25) is 0 Å². The van der Waals surface area contributed by atoms with E-state index in [2.05, 4.69) is 72.3 Å². The Kier molecular flexibility index (Phi) is 18.6. The van der Waals surface area contributed by atoms with Crippen LogP contribution in [0.3, 0.4) is 0 Å². The summed E-state index contributed by atoms with van der Waals surface area (Å²) >= 11 is 56.6. The summed E-state index contributed by atoms with van der Waals surface area (Å²) in [7, 11) is 0. The monoisotopic (exact) mass is 780 g/mol. The van der Waals surface area contributed by atoms with Crippen molar-refractivity contribution in [3.05, 3.63) is 0 Å². The van der Waals surface area contributed by atoms with E-state index in [1.807, 2.05) is 0 Å². The molecular formula is C24H44S14. The summed E-state index contributed by atoms with van der Waals surface area (Å²) in [5.41, 5.74) is 0. The minimum absolute atomic E-state index is 0.254. The van der Waals surface area contributed by atoms with Gasteiger partial charge in [0.25, 0.3) is 0 Å². The lowest BCUT2D eigenvalue weighted by Crippen LogP contribution is -2.43. The zero-order chi connectivity index (χ0) is 28.0. The Morgan fingerprint density at radius 3 is 1.26 bits per heavy atom. The number of hydrogen-bond acceptors (Lipinski definition) is 14. The topological polar surface area (TPSA) is 0 Å². The zero-order valence-corrected chi connectivity index (χ0v) is 33.5. The molecule has 0 N–H and O–H groups in total. The molecule has 1 heterocycles. The Hall–Kier alpha value is 4.90. The first-order chi connectivity index (χ1) is 18.0. The second kappa shape index (κ2) is 18.9. The predicted octanol–water partition coefficient (Wildman–Crippen LogP) is 8.23. The van der Waals surface area contributed by atoms with Crippen LogP contribution < -0.4 is 0 Å². The molecule has 0 bridgehead atoms. The van der Waals surface area contributed by atoms with Gasteiger partial charge in [0.1, 0.15) is 0 Å². The maximum atomic E-state index is 5.10. The van der Waals surface area contributed by atoms with Crippen LogP contribution in [0.4, 0.5) is 0 Å². The lowest BCUT2D eigenvalue weighted by atomic mass is 9.76. The van der Waals surface area contributed by atoms with Crippen molar-refractivity contribution < 1.29 is 0 Å². The molecule has 224 valence electrons. The van der Waals surface area contributed by atoms with Crippen molar-refractivity contribution in [2.45, 2.75) is 83.3 Å². The summed E-state index contributed by atoms with van der Waals surface area (Å²) in [6, 6.07) is 0. The highest BCUT2D eigenvalue weighted by atomic mass is 32.3. The van der Waals surface area contributed by atoms with Gasteiger partial charge in [-0.3, -0.25) is 0 Å². The van der Waals surface area contributed by atoms with Gasteiger partial charge in [-0.05, 0) is 55.8 Å². The fourth-order valence-electron chi connectivity index (χ4n) is 5.36. The van der Waals surface area contributed by atoms with Crippen molar-refractivity contribution >= 4 is 173 Å². The Balaban J connectivity index is 1.45. The van der Waals surface area contributed by atoms with Crippen molar-refractivity contribution in [1.82, 2.24) is 0 Å². The summed E-state index contributed by atoms with van der Waals surface area (Å²) < 4.78 is 1.23. The van der Waals surface area contributed by atoms with Crippen LogP contribution in [0.1, 0.15) is 32.1 Å². The molecule has 0 aromatic carbocycles. The molecule has 3 fully saturated rings. The van der Waals surface area contributed by atoms with E-state index in [1.165, 1.54) is 6.42 Å². The Morgan fingerprint density at radius 2 is 0.947 bits per heavy atom. The van der Waals surface area contributed by atoms with Crippen LogP contribution in [-0.4, -0.2) is 79.3 Å². The SMILES string of the molecule is SCC(S)C(CC1C(S)CC1S)C(S)CSC1CC(SCC(S)C(CC2C(S)CC2S)C(S)CS)SCS1. The Labute approximate surface area is 304 Å². The van der Waals surface area contributed by atoms with Crippen LogP contribution in [0, 0.1) is 23.7 Å². The minimum Gasteiger partial charge on any atom is -0.178 e. The molecule has 38 heavy (non-hydrogen) atoms. The highest BCUT2D eigenvalue weighted by molar-refractivity contribution is 8.28. The summed E-state index contributed by atoms with van der Waals surface area (Å²) in [5, 5.41) is 4.14. The van der Waals surface area contributed by atoms with Crippen molar-refractivity contribution in [2.75, 3.05) is 28.1 Å². The standard InChI is InChI=1S/C24H44S14/c25-6-19(31)13(1-11-15(27)3-16(11)28)21(33)8-35-23-5-24(38-10-37-23)36-9-22(34)14(20(32)7-26)2-12-17(29)4-18(12)30/h11-34H,1-10H2. The lowest BCUT2D eigenvalue weighted by molar-refractivity contribution is 0.274. The molecule has 0 nitrogen and oxygen atoms in total. The largest absolute Gasteiger partial charge is 0.178 e. The lowest BCUT2D eigenvalue weighted by Gasteiger charge is -2.43. The average Bonchev–Trinajstić information content (AvgIpc) is 2.90. The third-order valence-corrected chi connectivity index (χ3v) is 20.8. The molecular weight excluding hydrogens is 737 g/mol. The van der Waals surface area contributed by atoms with Crippen molar-refractivity contribution in [3.8, 4) is 0 Å². The van der Waals surface area contributed by atoms with E-state index in [9.17, 15) is 0 Å².